The largest absolute Gasteiger partial charge is 0.390 e. The van der Waals surface area contributed by atoms with Crippen molar-refractivity contribution < 1.29 is 14.6 Å². The first kappa shape index (κ1) is 13.1. The van der Waals surface area contributed by atoms with Crippen LogP contribution in [0.4, 0.5) is 4.39 Å². The van der Waals surface area contributed by atoms with E-state index in [1.165, 1.54) is 12.1 Å². The molecule has 0 aliphatic rings. The van der Waals surface area contributed by atoms with Gasteiger partial charge in [-0.15, -0.1) is 0 Å². The molecule has 0 fully saturated rings. The minimum absolute atomic E-state index is 0.402. The van der Waals surface area contributed by atoms with Gasteiger partial charge >= 0.3 is 0 Å². The van der Waals surface area contributed by atoms with E-state index >= 15 is 0 Å². The molecule has 90 valence electrons. The van der Waals surface area contributed by atoms with Gasteiger partial charge in [0.2, 0.25) is 0 Å². The van der Waals surface area contributed by atoms with Crippen LogP contribution < -0.4 is 0 Å². The van der Waals surface area contributed by atoms with Gasteiger partial charge in [-0.1, -0.05) is 26.8 Å². The van der Waals surface area contributed by atoms with Crippen LogP contribution in [0.5, 0.6) is 0 Å². The zero-order valence-electron chi connectivity index (χ0n) is 10.2. The maximum absolute atomic E-state index is 13.1. The highest BCUT2D eigenvalue weighted by Gasteiger charge is 2.30. The first-order valence-electron chi connectivity index (χ1n) is 5.35. The molecule has 0 saturated carbocycles. The normalized spacial score (nSPS) is 15.9. The van der Waals surface area contributed by atoms with Crippen molar-refractivity contribution in [3.8, 4) is 0 Å². The Balaban J connectivity index is 3.05. The van der Waals surface area contributed by atoms with Crippen molar-refractivity contribution in [3.63, 3.8) is 0 Å². The molecule has 1 aromatic rings. The monoisotopic (exact) mass is 226 g/mol. The second-order valence-corrected chi connectivity index (χ2v) is 5.26. The number of benzene rings is 1. The zero-order valence-corrected chi connectivity index (χ0v) is 10.2. The molecule has 0 aromatic heterocycles. The summed E-state index contributed by atoms with van der Waals surface area (Å²) in [6, 6.07) is 4.22. The van der Waals surface area contributed by atoms with E-state index in [1.54, 1.807) is 13.0 Å². The molecule has 0 aliphatic carbocycles. The standard InChI is InChI=1S/C13H19FO2/c1-8-5-6-9(14)7-10(8)11(15)12(16)13(2,3)4/h5-7,11-12,15-16H,1-4H3. The Kier molecular flexibility index (Phi) is 3.71. The van der Waals surface area contributed by atoms with Gasteiger partial charge in [-0.25, -0.2) is 4.39 Å². The summed E-state index contributed by atoms with van der Waals surface area (Å²) in [7, 11) is 0. The summed E-state index contributed by atoms with van der Waals surface area (Å²) in [6.07, 6.45) is -1.98. The number of aryl methyl sites for hydroxylation is 1. The molecule has 2 N–H and O–H groups in total. The molecule has 2 unspecified atom stereocenters. The lowest BCUT2D eigenvalue weighted by Crippen LogP contribution is -2.32. The SMILES string of the molecule is Cc1ccc(F)cc1C(O)C(O)C(C)(C)C. The lowest BCUT2D eigenvalue weighted by atomic mass is 9.83. The van der Waals surface area contributed by atoms with Crippen LogP contribution in [0.1, 0.15) is 38.0 Å². The number of rotatable bonds is 2. The Morgan fingerprint density at radius 3 is 2.25 bits per heavy atom. The van der Waals surface area contributed by atoms with Crippen LogP contribution in [0.3, 0.4) is 0 Å². The first-order valence-corrected chi connectivity index (χ1v) is 5.35. The Morgan fingerprint density at radius 1 is 1.19 bits per heavy atom. The fraction of sp³-hybridized carbons (Fsp3) is 0.538. The molecular formula is C13H19FO2. The van der Waals surface area contributed by atoms with Crippen LogP contribution in [0, 0.1) is 18.2 Å². The number of aliphatic hydroxyl groups is 2. The number of hydrogen-bond acceptors (Lipinski definition) is 2. The summed E-state index contributed by atoms with van der Waals surface area (Å²) < 4.78 is 13.1. The number of aliphatic hydroxyl groups excluding tert-OH is 2. The number of halogens is 1. The second kappa shape index (κ2) is 4.52. The van der Waals surface area contributed by atoms with E-state index in [0.29, 0.717) is 5.56 Å². The fourth-order valence-corrected chi connectivity index (χ4v) is 1.57. The Hall–Kier alpha value is -0.930. The third kappa shape index (κ3) is 2.80. The molecule has 0 heterocycles. The lowest BCUT2D eigenvalue weighted by molar-refractivity contribution is -0.0462. The molecule has 3 heteroatoms. The minimum Gasteiger partial charge on any atom is -0.390 e. The molecule has 1 aromatic carbocycles. The van der Waals surface area contributed by atoms with Crippen LogP contribution in [0.15, 0.2) is 18.2 Å². The van der Waals surface area contributed by atoms with Crippen LogP contribution in [-0.2, 0) is 0 Å². The minimum atomic E-state index is -1.06. The van der Waals surface area contributed by atoms with E-state index in [1.807, 2.05) is 20.8 Å². The predicted molar refractivity (Wildman–Crippen MR) is 61.6 cm³/mol. The van der Waals surface area contributed by atoms with E-state index in [-0.39, 0.29) is 0 Å². The van der Waals surface area contributed by atoms with Gasteiger partial charge in [0.25, 0.3) is 0 Å². The molecule has 16 heavy (non-hydrogen) atoms. The summed E-state index contributed by atoms with van der Waals surface area (Å²) in [4.78, 5) is 0. The third-order valence-electron chi connectivity index (χ3n) is 2.75. The van der Waals surface area contributed by atoms with Gasteiger partial charge in [0, 0.05) is 0 Å². The van der Waals surface area contributed by atoms with Crippen LogP contribution in [0.2, 0.25) is 0 Å². The molecule has 2 atom stereocenters. The van der Waals surface area contributed by atoms with Crippen LogP contribution >= 0.6 is 0 Å². The van der Waals surface area contributed by atoms with Gasteiger partial charge < -0.3 is 10.2 Å². The summed E-state index contributed by atoms with van der Waals surface area (Å²) >= 11 is 0. The van der Waals surface area contributed by atoms with Gasteiger partial charge in [0.05, 0.1) is 6.10 Å². The lowest BCUT2D eigenvalue weighted by Gasteiger charge is -2.30. The molecule has 1 rings (SSSR count). The van der Waals surface area contributed by atoms with Gasteiger partial charge in [0.1, 0.15) is 11.9 Å². The topological polar surface area (TPSA) is 40.5 Å². The molecule has 0 amide bonds. The summed E-state index contributed by atoms with van der Waals surface area (Å²) in [5, 5.41) is 20.0. The number of hydrogen-bond donors (Lipinski definition) is 2. The van der Waals surface area contributed by atoms with E-state index in [2.05, 4.69) is 0 Å². The van der Waals surface area contributed by atoms with Crippen molar-refractivity contribution in [2.24, 2.45) is 5.41 Å². The Morgan fingerprint density at radius 2 is 1.75 bits per heavy atom. The zero-order chi connectivity index (χ0) is 12.5. The molecule has 0 saturated heterocycles. The van der Waals surface area contributed by atoms with Crippen LogP contribution in [-0.4, -0.2) is 16.3 Å². The summed E-state index contributed by atoms with van der Waals surface area (Å²) in [6.45, 7) is 7.27. The van der Waals surface area contributed by atoms with Gasteiger partial charge in [-0.05, 0) is 35.6 Å². The predicted octanol–water partition coefficient (Wildman–Crippen LogP) is 2.57. The second-order valence-electron chi connectivity index (χ2n) is 5.26. The van der Waals surface area contributed by atoms with E-state index in [9.17, 15) is 14.6 Å². The maximum Gasteiger partial charge on any atom is 0.123 e. The maximum atomic E-state index is 13.1. The molecule has 0 aliphatic heterocycles. The van der Waals surface area contributed by atoms with Gasteiger partial charge in [-0.3, -0.25) is 0 Å². The Bertz CT molecular complexity index is 369. The Labute approximate surface area is 95.7 Å². The van der Waals surface area contributed by atoms with E-state index < -0.39 is 23.4 Å². The molecule has 0 spiro atoms. The third-order valence-corrected chi connectivity index (χ3v) is 2.75. The average molecular weight is 226 g/mol. The van der Waals surface area contributed by atoms with Crippen molar-refractivity contribution in [1.29, 1.82) is 0 Å². The van der Waals surface area contributed by atoms with Gasteiger partial charge in [0.15, 0.2) is 0 Å². The molecule has 0 bridgehead atoms. The quantitative estimate of drug-likeness (QED) is 0.813. The van der Waals surface area contributed by atoms with Gasteiger partial charge in [-0.2, -0.15) is 0 Å². The molecular weight excluding hydrogens is 207 g/mol. The van der Waals surface area contributed by atoms with E-state index in [0.717, 1.165) is 5.56 Å². The average Bonchev–Trinajstić information content (AvgIpc) is 2.18. The van der Waals surface area contributed by atoms with Crippen LogP contribution in [0.25, 0.3) is 0 Å². The summed E-state index contributed by atoms with van der Waals surface area (Å²) in [5.74, 6) is -0.402. The molecule has 0 radical (unpaired) electrons. The van der Waals surface area contributed by atoms with Crippen molar-refractivity contribution in [3.05, 3.63) is 35.1 Å². The van der Waals surface area contributed by atoms with E-state index in [4.69, 9.17) is 0 Å². The smallest absolute Gasteiger partial charge is 0.123 e. The highest BCUT2D eigenvalue weighted by atomic mass is 19.1. The fourth-order valence-electron chi connectivity index (χ4n) is 1.57. The highest BCUT2D eigenvalue weighted by molar-refractivity contribution is 5.29. The van der Waals surface area contributed by atoms with Crippen molar-refractivity contribution in [2.75, 3.05) is 0 Å². The van der Waals surface area contributed by atoms with Crippen molar-refractivity contribution >= 4 is 0 Å². The molecule has 2 nitrogen and oxygen atoms in total. The highest BCUT2D eigenvalue weighted by Crippen LogP contribution is 2.31. The van der Waals surface area contributed by atoms with Crippen molar-refractivity contribution in [1.82, 2.24) is 0 Å². The van der Waals surface area contributed by atoms with Crippen molar-refractivity contribution in [2.45, 2.75) is 39.9 Å². The summed E-state index contributed by atoms with van der Waals surface area (Å²) in [5.41, 5.74) is 0.776. The first-order chi connectivity index (χ1) is 7.23.